The predicted molar refractivity (Wildman–Crippen MR) is 89.5 cm³/mol. The Morgan fingerprint density at radius 3 is 3.05 bits per heavy atom. The van der Waals surface area contributed by atoms with Gasteiger partial charge in [-0.25, -0.2) is 0 Å². The van der Waals surface area contributed by atoms with Crippen LogP contribution in [0.4, 0.5) is 0 Å². The van der Waals surface area contributed by atoms with Gasteiger partial charge in [0.05, 0.1) is 10.5 Å². The van der Waals surface area contributed by atoms with Crippen molar-refractivity contribution in [2.75, 3.05) is 18.1 Å². The minimum Gasteiger partial charge on any atom is -0.374 e. The van der Waals surface area contributed by atoms with Crippen molar-refractivity contribution < 1.29 is 9.53 Å². The molecule has 2 aromatic rings. The fourth-order valence-electron chi connectivity index (χ4n) is 3.42. The van der Waals surface area contributed by atoms with Gasteiger partial charge in [-0.05, 0) is 42.5 Å². The predicted octanol–water partition coefficient (Wildman–Crippen LogP) is 4.39. The van der Waals surface area contributed by atoms with E-state index in [1.165, 1.54) is 15.8 Å². The Labute approximate surface area is 132 Å². The zero-order valence-electron chi connectivity index (χ0n) is 11.8. The largest absolute Gasteiger partial charge is 0.374 e. The molecule has 2 fully saturated rings. The molecule has 2 atom stereocenters. The van der Waals surface area contributed by atoms with Crippen molar-refractivity contribution in [3.63, 3.8) is 0 Å². The topological polar surface area (TPSA) is 26.3 Å². The zero-order valence-corrected chi connectivity index (χ0v) is 13.5. The molecule has 2 saturated heterocycles. The molecule has 0 amide bonds. The third kappa shape index (κ3) is 2.54. The summed E-state index contributed by atoms with van der Waals surface area (Å²) in [4.78, 5) is 13.8. The summed E-state index contributed by atoms with van der Waals surface area (Å²) in [5, 5.41) is 1.18. The first-order chi connectivity index (χ1) is 10.3. The van der Waals surface area contributed by atoms with Crippen molar-refractivity contribution in [2.45, 2.75) is 24.9 Å². The van der Waals surface area contributed by atoms with Gasteiger partial charge in [-0.2, -0.15) is 11.8 Å². The Hall–Kier alpha value is -0.840. The fourth-order valence-corrected chi connectivity index (χ4v) is 5.88. The highest BCUT2D eigenvalue weighted by Gasteiger charge is 2.42. The maximum absolute atomic E-state index is 12.9. The standard InChI is InChI=1S/C17H18O2S2/c18-16(15-9-12-3-1-2-4-14(12)21-15)13-5-7-19-17(10-13)6-8-20-11-17/h1-4,9,13H,5-8,10-11H2. The van der Waals surface area contributed by atoms with Gasteiger partial charge in [0.2, 0.25) is 0 Å². The van der Waals surface area contributed by atoms with Crippen LogP contribution in [0.5, 0.6) is 0 Å². The van der Waals surface area contributed by atoms with Gasteiger partial charge in [0.1, 0.15) is 0 Å². The van der Waals surface area contributed by atoms with E-state index in [0.717, 1.165) is 36.5 Å². The molecular weight excluding hydrogens is 300 g/mol. The molecule has 110 valence electrons. The van der Waals surface area contributed by atoms with Crippen LogP contribution in [0.25, 0.3) is 10.1 Å². The van der Waals surface area contributed by atoms with Crippen molar-refractivity contribution >= 4 is 39.0 Å². The first kappa shape index (κ1) is 13.8. The van der Waals surface area contributed by atoms with Crippen LogP contribution in [0.2, 0.25) is 0 Å². The molecule has 0 bridgehead atoms. The fraction of sp³-hybridized carbons (Fsp3) is 0.471. The van der Waals surface area contributed by atoms with Crippen LogP contribution < -0.4 is 0 Å². The molecule has 21 heavy (non-hydrogen) atoms. The van der Waals surface area contributed by atoms with Crippen molar-refractivity contribution in [3.05, 3.63) is 35.2 Å². The molecule has 4 rings (SSSR count). The quantitative estimate of drug-likeness (QED) is 0.768. The highest BCUT2D eigenvalue weighted by molar-refractivity contribution is 7.99. The summed E-state index contributed by atoms with van der Waals surface area (Å²) in [7, 11) is 0. The van der Waals surface area contributed by atoms with E-state index in [1.54, 1.807) is 11.3 Å². The van der Waals surface area contributed by atoms with Crippen LogP contribution in [0, 0.1) is 5.92 Å². The normalized spacial score (nSPS) is 29.2. The van der Waals surface area contributed by atoms with Crippen LogP contribution in [0.3, 0.4) is 0 Å². The summed E-state index contributed by atoms with van der Waals surface area (Å²) in [5.41, 5.74) is -0.0140. The van der Waals surface area contributed by atoms with Crippen LogP contribution in [0.1, 0.15) is 28.9 Å². The van der Waals surface area contributed by atoms with E-state index in [9.17, 15) is 4.79 Å². The van der Waals surface area contributed by atoms with Crippen molar-refractivity contribution in [1.29, 1.82) is 0 Å². The number of ketones is 1. The number of fused-ring (bicyclic) bond motifs is 1. The van der Waals surface area contributed by atoms with E-state index in [0.29, 0.717) is 5.78 Å². The van der Waals surface area contributed by atoms with Gasteiger partial charge in [0.25, 0.3) is 0 Å². The molecule has 2 unspecified atom stereocenters. The van der Waals surface area contributed by atoms with E-state index in [2.05, 4.69) is 18.2 Å². The maximum Gasteiger partial charge on any atom is 0.176 e. The number of benzene rings is 1. The van der Waals surface area contributed by atoms with E-state index in [4.69, 9.17) is 4.74 Å². The van der Waals surface area contributed by atoms with E-state index >= 15 is 0 Å². The monoisotopic (exact) mass is 318 g/mol. The summed E-state index contributed by atoms with van der Waals surface area (Å²) < 4.78 is 7.24. The smallest absolute Gasteiger partial charge is 0.176 e. The van der Waals surface area contributed by atoms with E-state index < -0.39 is 0 Å². The van der Waals surface area contributed by atoms with Gasteiger partial charge >= 0.3 is 0 Å². The highest BCUT2D eigenvalue weighted by atomic mass is 32.2. The first-order valence-electron chi connectivity index (χ1n) is 7.50. The lowest BCUT2D eigenvalue weighted by Gasteiger charge is -2.37. The number of hydrogen-bond acceptors (Lipinski definition) is 4. The SMILES string of the molecule is O=C(c1cc2ccccc2s1)C1CCOC2(CCSC2)C1. The Bertz CT molecular complexity index is 637. The molecule has 3 heterocycles. The number of thiophene rings is 1. The number of rotatable bonds is 2. The second-order valence-electron chi connectivity index (χ2n) is 6.04. The second kappa shape index (κ2) is 5.41. The average molecular weight is 318 g/mol. The maximum atomic E-state index is 12.9. The lowest BCUT2D eigenvalue weighted by Crippen LogP contribution is -2.41. The zero-order chi connectivity index (χ0) is 14.3. The third-order valence-electron chi connectivity index (χ3n) is 4.60. The Kier molecular flexibility index (Phi) is 3.56. The van der Waals surface area contributed by atoms with Crippen molar-refractivity contribution in [1.82, 2.24) is 0 Å². The Morgan fingerprint density at radius 1 is 1.33 bits per heavy atom. The number of Topliss-reactive ketones (excluding diaryl/α,β-unsaturated/α-hetero) is 1. The van der Waals surface area contributed by atoms with Gasteiger partial charge < -0.3 is 4.74 Å². The summed E-state index contributed by atoms with van der Waals surface area (Å²) in [6, 6.07) is 10.3. The molecule has 1 aromatic carbocycles. The molecule has 0 N–H and O–H groups in total. The molecule has 2 aliphatic rings. The lowest BCUT2D eigenvalue weighted by atomic mass is 9.82. The summed E-state index contributed by atoms with van der Waals surface area (Å²) in [6.07, 6.45) is 2.89. The van der Waals surface area contributed by atoms with Crippen LogP contribution in [0.15, 0.2) is 30.3 Å². The number of ether oxygens (including phenoxy) is 1. The molecule has 1 spiro atoms. The third-order valence-corrected chi connectivity index (χ3v) is 6.95. The molecule has 4 heteroatoms. The second-order valence-corrected chi connectivity index (χ2v) is 8.23. The number of carbonyl (C=O) groups excluding carboxylic acids is 1. The molecule has 2 aliphatic heterocycles. The number of carbonyl (C=O) groups is 1. The molecule has 0 aliphatic carbocycles. The van der Waals surface area contributed by atoms with Crippen molar-refractivity contribution in [3.8, 4) is 0 Å². The summed E-state index contributed by atoms with van der Waals surface area (Å²) >= 11 is 3.59. The van der Waals surface area contributed by atoms with Gasteiger partial charge in [-0.3, -0.25) is 4.79 Å². The minimum atomic E-state index is -0.0140. The molecular formula is C17H18O2S2. The molecule has 0 saturated carbocycles. The van der Waals surface area contributed by atoms with Gasteiger partial charge in [-0.15, -0.1) is 11.3 Å². The Morgan fingerprint density at radius 2 is 2.24 bits per heavy atom. The first-order valence-corrected chi connectivity index (χ1v) is 9.47. The van der Waals surface area contributed by atoms with E-state index in [-0.39, 0.29) is 11.5 Å². The highest BCUT2D eigenvalue weighted by Crippen LogP contribution is 2.42. The van der Waals surface area contributed by atoms with Crippen molar-refractivity contribution in [2.24, 2.45) is 5.92 Å². The van der Waals surface area contributed by atoms with E-state index in [1.807, 2.05) is 23.9 Å². The summed E-state index contributed by atoms with van der Waals surface area (Å²) in [5.74, 6) is 2.70. The molecule has 2 nitrogen and oxygen atoms in total. The average Bonchev–Trinajstić information content (AvgIpc) is 3.13. The minimum absolute atomic E-state index is 0.0140. The van der Waals surface area contributed by atoms with Crippen LogP contribution >= 0.6 is 23.1 Å². The number of thioether (sulfide) groups is 1. The molecule has 0 radical (unpaired) electrons. The molecule has 1 aromatic heterocycles. The van der Waals surface area contributed by atoms with Crippen LogP contribution in [-0.4, -0.2) is 29.5 Å². The van der Waals surface area contributed by atoms with Gasteiger partial charge in [0, 0.05) is 23.0 Å². The summed E-state index contributed by atoms with van der Waals surface area (Å²) in [6.45, 7) is 0.738. The van der Waals surface area contributed by atoms with Gasteiger partial charge in [-0.1, -0.05) is 18.2 Å². The van der Waals surface area contributed by atoms with Gasteiger partial charge in [0.15, 0.2) is 5.78 Å². The number of hydrogen-bond donors (Lipinski definition) is 0. The lowest BCUT2D eigenvalue weighted by molar-refractivity contribution is -0.0734. The van der Waals surface area contributed by atoms with Crippen LogP contribution in [-0.2, 0) is 4.74 Å². The Balaban J connectivity index is 1.58.